The van der Waals surface area contributed by atoms with Crippen molar-refractivity contribution in [2.24, 2.45) is 0 Å². The van der Waals surface area contributed by atoms with Crippen molar-refractivity contribution < 1.29 is 4.39 Å². The molecule has 2 nitrogen and oxygen atoms in total. The Bertz CT molecular complexity index is 364. The Hall–Kier alpha value is -0.640. The molecule has 17 heavy (non-hydrogen) atoms. The molecule has 96 valence electrons. The number of rotatable bonds is 3. The second-order valence-corrected chi connectivity index (χ2v) is 4.66. The number of likely N-dealkylation sites (N-methyl/N-ethyl adjacent to an activating group) is 1. The standard InChI is InChI=1S/C13H19FN2.ClH/c1-10-3-4-13(14)11(7-10)9-16(2)12-5-6-15-8-12;/h3-4,7,12,15H,5-6,8-9H2,1-2H3;1H. The van der Waals surface area contributed by atoms with Crippen LogP contribution in [-0.4, -0.2) is 31.1 Å². The number of halogens is 2. The first-order chi connectivity index (χ1) is 7.66. The summed E-state index contributed by atoms with van der Waals surface area (Å²) in [5.74, 6) is -0.0941. The molecular formula is C13H20ClFN2. The molecule has 2 rings (SSSR count). The highest BCUT2D eigenvalue weighted by atomic mass is 35.5. The lowest BCUT2D eigenvalue weighted by molar-refractivity contribution is 0.245. The van der Waals surface area contributed by atoms with E-state index in [1.165, 1.54) is 0 Å². The molecule has 1 aliphatic rings. The fraction of sp³-hybridized carbons (Fsp3) is 0.538. The number of nitrogens with zero attached hydrogens (tertiary/aromatic N) is 1. The molecule has 1 fully saturated rings. The summed E-state index contributed by atoms with van der Waals surface area (Å²) in [6, 6.07) is 5.86. The molecule has 0 bridgehead atoms. The second kappa shape index (κ2) is 6.34. The van der Waals surface area contributed by atoms with E-state index in [0.29, 0.717) is 12.6 Å². The Kier molecular flexibility index (Phi) is 5.37. The van der Waals surface area contributed by atoms with Crippen molar-refractivity contribution in [2.45, 2.75) is 25.9 Å². The highest BCUT2D eigenvalue weighted by Crippen LogP contribution is 2.15. The molecule has 0 spiro atoms. The minimum absolute atomic E-state index is 0. The first-order valence-electron chi connectivity index (χ1n) is 5.83. The van der Waals surface area contributed by atoms with Gasteiger partial charge in [0.2, 0.25) is 0 Å². The lowest BCUT2D eigenvalue weighted by Gasteiger charge is -2.23. The number of benzene rings is 1. The molecule has 1 heterocycles. The smallest absolute Gasteiger partial charge is 0.127 e. The van der Waals surface area contributed by atoms with Gasteiger partial charge in [0.15, 0.2) is 0 Å². The van der Waals surface area contributed by atoms with Gasteiger partial charge in [-0.15, -0.1) is 12.4 Å². The van der Waals surface area contributed by atoms with Gasteiger partial charge in [-0.1, -0.05) is 17.7 Å². The van der Waals surface area contributed by atoms with Gasteiger partial charge in [0, 0.05) is 24.7 Å². The van der Waals surface area contributed by atoms with Crippen LogP contribution < -0.4 is 5.32 Å². The van der Waals surface area contributed by atoms with Crippen LogP contribution in [0, 0.1) is 12.7 Å². The number of hydrogen-bond acceptors (Lipinski definition) is 2. The minimum atomic E-state index is -0.0941. The highest BCUT2D eigenvalue weighted by Gasteiger charge is 2.19. The summed E-state index contributed by atoms with van der Waals surface area (Å²) in [7, 11) is 2.07. The van der Waals surface area contributed by atoms with Gasteiger partial charge in [-0.25, -0.2) is 4.39 Å². The maximum atomic E-state index is 13.6. The maximum Gasteiger partial charge on any atom is 0.127 e. The molecular weight excluding hydrogens is 239 g/mol. The molecule has 0 aromatic heterocycles. The Morgan fingerprint density at radius 3 is 2.88 bits per heavy atom. The SMILES string of the molecule is Cc1ccc(F)c(CN(C)C2CCNC2)c1.Cl. The average Bonchev–Trinajstić information content (AvgIpc) is 2.76. The van der Waals surface area contributed by atoms with E-state index in [2.05, 4.69) is 17.3 Å². The van der Waals surface area contributed by atoms with E-state index in [1.54, 1.807) is 6.07 Å². The van der Waals surface area contributed by atoms with Gasteiger partial charge < -0.3 is 5.32 Å². The monoisotopic (exact) mass is 258 g/mol. The summed E-state index contributed by atoms with van der Waals surface area (Å²) in [6.45, 7) is 4.79. The first-order valence-corrected chi connectivity index (χ1v) is 5.83. The molecule has 1 saturated heterocycles. The molecule has 0 aliphatic carbocycles. The number of nitrogens with one attached hydrogen (secondary N) is 1. The van der Waals surface area contributed by atoms with Crippen molar-refractivity contribution in [3.05, 3.63) is 35.1 Å². The summed E-state index contributed by atoms with van der Waals surface area (Å²) in [5.41, 5.74) is 1.92. The van der Waals surface area contributed by atoms with Crippen LogP contribution in [0.3, 0.4) is 0 Å². The van der Waals surface area contributed by atoms with E-state index in [-0.39, 0.29) is 18.2 Å². The third-order valence-electron chi connectivity index (χ3n) is 3.28. The first kappa shape index (κ1) is 14.4. The van der Waals surface area contributed by atoms with Crippen LogP contribution in [0.1, 0.15) is 17.5 Å². The summed E-state index contributed by atoms with van der Waals surface area (Å²) in [6.07, 6.45) is 1.16. The van der Waals surface area contributed by atoms with Crippen molar-refractivity contribution in [2.75, 3.05) is 20.1 Å². The quantitative estimate of drug-likeness (QED) is 0.895. The van der Waals surface area contributed by atoms with Crippen molar-refractivity contribution >= 4 is 12.4 Å². The molecule has 1 aliphatic heterocycles. The third kappa shape index (κ3) is 3.66. The number of hydrogen-bond donors (Lipinski definition) is 1. The zero-order valence-corrected chi connectivity index (χ0v) is 11.2. The molecule has 1 unspecified atom stereocenters. The molecule has 0 radical (unpaired) electrons. The van der Waals surface area contributed by atoms with Crippen molar-refractivity contribution in [1.82, 2.24) is 10.2 Å². The lowest BCUT2D eigenvalue weighted by atomic mass is 10.1. The van der Waals surface area contributed by atoms with E-state index < -0.39 is 0 Å². The van der Waals surface area contributed by atoms with Gasteiger partial charge in [-0.3, -0.25) is 4.90 Å². The van der Waals surface area contributed by atoms with Gasteiger partial charge in [-0.2, -0.15) is 0 Å². The topological polar surface area (TPSA) is 15.3 Å². The summed E-state index contributed by atoms with van der Waals surface area (Å²) < 4.78 is 13.6. The van der Waals surface area contributed by atoms with E-state index in [0.717, 1.165) is 30.6 Å². The van der Waals surface area contributed by atoms with E-state index in [4.69, 9.17) is 0 Å². The van der Waals surface area contributed by atoms with Crippen LogP contribution in [0.2, 0.25) is 0 Å². The van der Waals surface area contributed by atoms with Crippen LogP contribution in [0.4, 0.5) is 4.39 Å². The van der Waals surface area contributed by atoms with Crippen LogP contribution in [0.15, 0.2) is 18.2 Å². The third-order valence-corrected chi connectivity index (χ3v) is 3.28. The van der Waals surface area contributed by atoms with Gasteiger partial charge in [0.25, 0.3) is 0 Å². The largest absolute Gasteiger partial charge is 0.315 e. The summed E-state index contributed by atoms with van der Waals surface area (Å²) in [5, 5.41) is 3.33. The maximum absolute atomic E-state index is 13.6. The Labute approximate surface area is 109 Å². The molecule has 1 N–H and O–H groups in total. The van der Waals surface area contributed by atoms with Gasteiger partial charge in [-0.05, 0) is 33.0 Å². The molecule has 0 amide bonds. The van der Waals surface area contributed by atoms with Gasteiger partial charge in [0.05, 0.1) is 0 Å². The summed E-state index contributed by atoms with van der Waals surface area (Å²) in [4.78, 5) is 2.23. The van der Waals surface area contributed by atoms with Crippen LogP contribution >= 0.6 is 12.4 Å². The van der Waals surface area contributed by atoms with Gasteiger partial charge >= 0.3 is 0 Å². The average molecular weight is 259 g/mol. The van der Waals surface area contributed by atoms with Crippen molar-refractivity contribution in [1.29, 1.82) is 0 Å². The fourth-order valence-electron chi connectivity index (χ4n) is 2.24. The van der Waals surface area contributed by atoms with Crippen LogP contribution in [-0.2, 0) is 6.54 Å². The molecule has 0 saturated carbocycles. The number of aryl methyl sites for hydroxylation is 1. The van der Waals surface area contributed by atoms with Gasteiger partial charge in [0.1, 0.15) is 5.82 Å². The minimum Gasteiger partial charge on any atom is -0.315 e. The Morgan fingerprint density at radius 1 is 1.47 bits per heavy atom. The fourth-order valence-corrected chi connectivity index (χ4v) is 2.24. The Balaban J connectivity index is 0.00000144. The van der Waals surface area contributed by atoms with Crippen molar-refractivity contribution in [3.63, 3.8) is 0 Å². The normalized spacial score (nSPS) is 19.4. The van der Waals surface area contributed by atoms with Crippen LogP contribution in [0.5, 0.6) is 0 Å². The zero-order valence-electron chi connectivity index (χ0n) is 10.4. The molecule has 1 atom stereocenters. The Morgan fingerprint density at radius 2 is 2.24 bits per heavy atom. The highest BCUT2D eigenvalue weighted by molar-refractivity contribution is 5.85. The van der Waals surface area contributed by atoms with E-state index in [9.17, 15) is 4.39 Å². The summed E-state index contributed by atoms with van der Waals surface area (Å²) >= 11 is 0. The lowest BCUT2D eigenvalue weighted by Crippen LogP contribution is -2.33. The molecule has 1 aromatic rings. The predicted molar refractivity (Wildman–Crippen MR) is 71.1 cm³/mol. The van der Waals surface area contributed by atoms with Crippen LogP contribution in [0.25, 0.3) is 0 Å². The van der Waals surface area contributed by atoms with Crippen molar-refractivity contribution in [3.8, 4) is 0 Å². The predicted octanol–water partition coefficient (Wildman–Crippen LogP) is 2.35. The van der Waals surface area contributed by atoms with E-state index in [1.807, 2.05) is 19.1 Å². The van der Waals surface area contributed by atoms with E-state index >= 15 is 0 Å². The molecule has 4 heteroatoms. The molecule has 1 aromatic carbocycles. The zero-order chi connectivity index (χ0) is 11.5. The second-order valence-electron chi connectivity index (χ2n) is 4.66.